The maximum absolute atomic E-state index is 12.7. The fraction of sp³-hybridized carbons (Fsp3) is 0.909. The van der Waals surface area contributed by atoms with E-state index in [0.717, 1.165) is 4.90 Å². The molecule has 5 nitrogen and oxygen atoms in total. The van der Waals surface area contributed by atoms with Crippen molar-refractivity contribution >= 4 is 15.9 Å². The Hall–Kier alpha value is -0.990. The van der Waals surface area contributed by atoms with Gasteiger partial charge < -0.3 is 9.64 Å². The lowest BCUT2D eigenvalue weighted by atomic mass is 10.2. The molecule has 0 spiro atoms. The number of amides is 1. The van der Waals surface area contributed by atoms with Crippen LogP contribution in [0.4, 0.5) is 18.0 Å². The highest BCUT2D eigenvalue weighted by Gasteiger charge is 2.49. The molecule has 0 aromatic rings. The van der Waals surface area contributed by atoms with Crippen LogP contribution in [0.15, 0.2) is 0 Å². The Morgan fingerprint density at radius 3 is 2.20 bits per heavy atom. The van der Waals surface area contributed by atoms with E-state index in [1.54, 1.807) is 20.8 Å². The molecule has 1 aliphatic heterocycles. The van der Waals surface area contributed by atoms with E-state index in [-0.39, 0.29) is 13.1 Å². The number of rotatable bonds is 0. The first-order valence-corrected chi connectivity index (χ1v) is 7.81. The van der Waals surface area contributed by atoms with E-state index in [1.165, 1.54) is 0 Å². The summed E-state index contributed by atoms with van der Waals surface area (Å²) < 4.78 is 66.3. The van der Waals surface area contributed by atoms with Gasteiger partial charge >= 0.3 is 12.3 Å². The molecule has 1 rings (SSSR count). The smallest absolute Gasteiger partial charge is 0.410 e. The summed E-state index contributed by atoms with van der Waals surface area (Å²) in [6.07, 6.45) is -6.27. The first-order chi connectivity index (χ1) is 8.83. The summed E-state index contributed by atoms with van der Waals surface area (Å²) >= 11 is 0. The normalized spacial score (nSPS) is 24.1. The van der Waals surface area contributed by atoms with Gasteiger partial charge in [-0.3, -0.25) is 0 Å². The van der Waals surface area contributed by atoms with Crippen LogP contribution >= 0.6 is 0 Å². The van der Waals surface area contributed by atoms with Crippen molar-refractivity contribution in [3.63, 3.8) is 0 Å². The van der Waals surface area contributed by atoms with E-state index in [1.807, 2.05) is 0 Å². The topological polar surface area (TPSA) is 63.7 Å². The average Bonchev–Trinajstić information content (AvgIpc) is 2.32. The fourth-order valence-corrected chi connectivity index (χ4v) is 3.45. The summed E-state index contributed by atoms with van der Waals surface area (Å²) in [6, 6.07) is 0. The van der Waals surface area contributed by atoms with E-state index in [4.69, 9.17) is 4.74 Å². The predicted molar refractivity (Wildman–Crippen MR) is 66.1 cm³/mol. The minimum absolute atomic E-state index is 0.288. The highest BCUT2D eigenvalue weighted by atomic mass is 32.2. The number of carbonyl (C=O) groups excluding carboxylic acids is 1. The lowest BCUT2D eigenvalue weighted by Gasteiger charge is -2.26. The van der Waals surface area contributed by atoms with Crippen LogP contribution in [0.25, 0.3) is 0 Å². The fourth-order valence-electron chi connectivity index (χ4n) is 1.82. The molecule has 0 bridgehead atoms. The average molecular weight is 317 g/mol. The predicted octanol–water partition coefficient (Wildman–Crippen LogP) is 1.97. The Morgan fingerprint density at radius 1 is 1.20 bits per heavy atom. The minimum Gasteiger partial charge on any atom is -0.444 e. The molecule has 1 unspecified atom stereocenters. The largest absolute Gasteiger partial charge is 0.444 e. The van der Waals surface area contributed by atoms with Crippen molar-refractivity contribution in [3.05, 3.63) is 0 Å². The van der Waals surface area contributed by atoms with Gasteiger partial charge in [-0.1, -0.05) is 0 Å². The summed E-state index contributed by atoms with van der Waals surface area (Å²) in [6.45, 7) is 4.29. The van der Waals surface area contributed by atoms with Crippen molar-refractivity contribution in [2.75, 3.05) is 18.8 Å². The second kappa shape index (κ2) is 5.42. The Balaban J connectivity index is 2.84. The van der Waals surface area contributed by atoms with E-state index in [0.29, 0.717) is 0 Å². The molecule has 1 atom stereocenters. The van der Waals surface area contributed by atoms with E-state index in [9.17, 15) is 26.4 Å². The van der Waals surface area contributed by atoms with Gasteiger partial charge in [-0.05, 0) is 27.2 Å². The number of halogens is 3. The molecule has 1 amide bonds. The van der Waals surface area contributed by atoms with Crippen LogP contribution in [0.2, 0.25) is 0 Å². The maximum Gasteiger partial charge on any atom is 0.410 e. The second-order valence-electron chi connectivity index (χ2n) is 5.65. The van der Waals surface area contributed by atoms with Gasteiger partial charge in [0.15, 0.2) is 15.1 Å². The monoisotopic (exact) mass is 317 g/mol. The number of sulfone groups is 1. The molecule has 1 saturated heterocycles. The van der Waals surface area contributed by atoms with Crippen molar-refractivity contribution in [3.8, 4) is 0 Å². The van der Waals surface area contributed by atoms with Gasteiger partial charge in [0, 0.05) is 13.1 Å². The Labute approximate surface area is 116 Å². The third kappa shape index (κ3) is 4.53. The summed E-state index contributed by atoms with van der Waals surface area (Å²) in [5, 5.41) is -2.41. The van der Waals surface area contributed by atoms with Crippen molar-refractivity contribution in [1.82, 2.24) is 4.90 Å². The molecule has 118 valence electrons. The highest BCUT2D eigenvalue weighted by Crippen LogP contribution is 2.31. The number of hydrogen-bond acceptors (Lipinski definition) is 4. The Bertz CT molecular complexity index is 467. The summed E-state index contributed by atoms with van der Waals surface area (Å²) in [4.78, 5) is 12.8. The minimum atomic E-state index is -4.82. The lowest BCUT2D eigenvalue weighted by molar-refractivity contribution is -0.131. The zero-order valence-corrected chi connectivity index (χ0v) is 12.3. The van der Waals surface area contributed by atoms with Crippen LogP contribution in [0.3, 0.4) is 0 Å². The molecule has 0 aliphatic carbocycles. The number of hydrogen-bond donors (Lipinski definition) is 0. The zero-order valence-electron chi connectivity index (χ0n) is 11.5. The van der Waals surface area contributed by atoms with Gasteiger partial charge in [-0.15, -0.1) is 0 Å². The van der Waals surface area contributed by atoms with E-state index < -0.39 is 45.1 Å². The molecular weight excluding hydrogens is 299 g/mol. The first-order valence-electron chi connectivity index (χ1n) is 6.09. The maximum atomic E-state index is 12.7. The van der Waals surface area contributed by atoms with Crippen LogP contribution in [-0.4, -0.2) is 55.3 Å². The molecule has 9 heteroatoms. The summed E-state index contributed by atoms with van der Waals surface area (Å²) in [7, 11) is -4.30. The van der Waals surface area contributed by atoms with E-state index in [2.05, 4.69) is 0 Å². The number of nitrogens with zero attached hydrogens (tertiary/aromatic N) is 1. The zero-order chi connectivity index (χ0) is 15.8. The van der Waals surface area contributed by atoms with Gasteiger partial charge in [0.2, 0.25) is 0 Å². The molecule has 0 aromatic heterocycles. The van der Waals surface area contributed by atoms with Crippen LogP contribution < -0.4 is 0 Å². The van der Waals surface area contributed by atoms with Gasteiger partial charge in [0.25, 0.3) is 0 Å². The SMILES string of the molecule is CC(C)(C)OC(=O)N1CCC(C(F)(F)F)S(=O)(=O)CC1. The molecule has 0 radical (unpaired) electrons. The quantitative estimate of drug-likeness (QED) is 0.685. The van der Waals surface area contributed by atoms with Crippen LogP contribution in [0.1, 0.15) is 27.2 Å². The van der Waals surface area contributed by atoms with Crippen molar-refractivity contribution in [2.24, 2.45) is 0 Å². The van der Waals surface area contributed by atoms with Crippen molar-refractivity contribution < 1.29 is 31.1 Å². The van der Waals surface area contributed by atoms with Gasteiger partial charge in [-0.25, -0.2) is 13.2 Å². The highest BCUT2D eigenvalue weighted by molar-refractivity contribution is 7.92. The van der Waals surface area contributed by atoms with Crippen molar-refractivity contribution in [2.45, 2.75) is 44.2 Å². The Kier molecular flexibility index (Phi) is 4.62. The van der Waals surface area contributed by atoms with Gasteiger partial charge in [0.05, 0.1) is 5.75 Å². The second-order valence-corrected chi connectivity index (χ2v) is 7.96. The first kappa shape index (κ1) is 17.1. The van der Waals surface area contributed by atoms with Crippen molar-refractivity contribution in [1.29, 1.82) is 0 Å². The molecule has 1 heterocycles. The Morgan fingerprint density at radius 2 is 1.75 bits per heavy atom. The number of alkyl halides is 3. The van der Waals surface area contributed by atoms with Crippen LogP contribution in [0, 0.1) is 0 Å². The third-order valence-corrected chi connectivity index (χ3v) is 4.88. The summed E-state index contributed by atoms with van der Waals surface area (Å²) in [5.41, 5.74) is -0.786. The molecule has 0 saturated carbocycles. The molecular formula is C11H18F3NO4S. The molecule has 1 aliphatic rings. The van der Waals surface area contributed by atoms with Crippen LogP contribution in [-0.2, 0) is 14.6 Å². The van der Waals surface area contributed by atoms with Gasteiger partial charge in [0.1, 0.15) is 5.60 Å². The molecule has 20 heavy (non-hydrogen) atoms. The third-order valence-electron chi connectivity index (χ3n) is 2.76. The number of carbonyl (C=O) groups is 1. The molecule has 1 fully saturated rings. The lowest BCUT2D eigenvalue weighted by Crippen LogP contribution is -2.38. The summed E-state index contributed by atoms with van der Waals surface area (Å²) in [5.74, 6) is -0.712. The standard InChI is InChI=1S/C11H18F3NO4S/c1-10(2,3)19-9(16)15-5-4-8(11(12,13)14)20(17,18)7-6-15/h8H,4-7H2,1-3H3. The molecule has 0 N–H and O–H groups in total. The van der Waals surface area contributed by atoms with Crippen LogP contribution in [0.5, 0.6) is 0 Å². The van der Waals surface area contributed by atoms with Gasteiger partial charge in [-0.2, -0.15) is 13.2 Å². The number of ether oxygens (including phenoxy) is 1. The molecule has 0 aromatic carbocycles. The van der Waals surface area contributed by atoms with E-state index >= 15 is 0 Å².